The van der Waals surface area contributed by atoms with Crippen molar-refractivity contribution >= 4 is 11.5 Å². The van der Waals surface area contributed by atoms with Gasteiger partial charge in [0.15, 0.2) is 0 Å². The van der Waals surface area contributed by atoms with Crippen molar-refractivity contribution in [2.45, 2.75) is 44.9 Å². The minimum atomic E-state index is -4.31. The van der Waals surface area contributed by atoms with E-state index in [9.17, 15) is 18.3 Å². The number of halogens is 3. The van der Waals surface area contributed by atoms with Gasteiger partial charge in [0.2, 0.25) is 0 Å². The third kappa shape index (κ3) is 7.26. The first kappa shape index (κ1) is 27.9. The molecule has 2 heterocycles. The van der Waals surface area contributed by atoms with Crippen LogP contribution < -0.4 is 10.2 Å². The van der Waals surface area contributed by atoms with Crippen molar-refractivity contribution in [3.63, 3.8) is 0 Å². The normalized spacial score (nSPS) is 16.3. The largest absolute Gasteiger partial charge is 0.416 e. The molecule has 204 valence electrons. The van der Waals surface area contributed by atoms with Crippen LogP contribution >= 0.6 is 0 Å². The van der Waals surface area contributed by atoms with Crippen molar-refractivity contribution in [3.8, 4) is 11.1 Å². The summed E-state index contributed by atoms with van der Waals surface area (Å²) in [5, 5.41) is 13.9. The fourth-order valence-electron chi connectivity index (χ4n) is 4.72. The van der Waals surface area contributed by atoms with E-state index in [4.69, 9.17) is 0 Å². The lowest BCUT2D eigenvalue weighted by Gasteiger charge is -2.36. The van der Waals surface area contributed by atoms with Gasteiger partial charge in [-0.1, -0.05) is 37.3 Å². The summed E-state index contributed by atoms with van der Waals surface area (Å²) in [6.07, 6.45) is 0.185. The van der Waals surface area contributed by atoms with E-state index < -0.39 is 17.3 Å². The number of aliphatic hydroxyl groups is 1. The number of anilines is 2. The Balaban J connectivity index is 1.19. The third-order valence-electron chi connectivity index (χ3n) is 7.41. The van der Waals surface area contributed by atoms with Crippen molar-refractivity contribution in [1.82, 2.24) is 9.88 Å². The Morgan fingerprint density at radius 1 is 0.895 bits per heavy atom. The van der Waals surface area contributed by atoms with E-state index in [1.807, 2.05) is 55.1 Å². The van der Waals surface area contributed by atoms with Crippen LogP contribution in [0.2, 0.25) is 0 Å². The lowest BCUT2D eigenvalue weighted by Crippen LogP contribution is -2.46. The van der Waals surface area contributed by atoms with E-state index in [2.05, 4.69) is 15.2 Å². The molecule has 3 aromatic rings. The maximum Gasteiger partial charge on any atom is 0.416 e. The van der Waals surface area contributed by atoms with Crippen LogP contribution in [0.3, 0.4) is 0 Å². The topological polar surface area (TPSA) is 51.6 Å². The Morgan fingerprint density at radius 2 is 1.63 bits per heavy atom. The van der Waals surface area contributed by atoms with Crippen LogP contribution in [0.25, 0.3) is 11.1 Å². The number of nitrogens with zero attached hydrogens (tertiary/aromatic N) is 3. The van der Waals surface area contributed by atoms with Gasteiger partial charge in [0.25, 0.3) is 0 Å². The average Bonchev–Trinajstić information content (AvgIpc) is 2.93. The average molecular weight is 527 g/mol. The number of unbranched alkanes of at least 4 members (excludes halogenated alkanes) is 1. The first-order valence-electron chi connectivity index (χ1n) is 13.3. The summed E-state index contributed by atoms with van der Waals surface area (Å²) < 4.78 is 39.1. The Bertz CT molecular complexity index is 1170. The smallest absolute Gasteiger partial charge is 0.385 e. The van der Waals surface area contributed by atoms with E-state index in [0.717, 1.165) is 80.7 Å². The molecule has 2 N–H and O–H groups in total. The molecule has 1 atom stereocenters. The summed E-state index contributed by atoms with van der Waals surface area (Å²) >= 11 is 0. The van der Waals surface area contributed by atoms with Gasteiger partial charge in [-0.3, -0.25) is 4.90 Å². The predicted octanol–water partition coefficient (Wildman–Crippen LogP) is 6.40. The Kier molecular flexibility index (Phi) is 8.95. The Hall–Kier alpha value is -3.10. The predicted molar refractivity (Wildman–Crippen MR) is 147 cm³/mol. The molecule has 0 spiro atoms. The SMILES string of the molecule is CCC(C)(O)c1ccc(-c2ccnc(NCCCCN3CCN(c4cccc(C(F)(F)F)c4)CC3)c2)cc1. The van der Waals surface area contributed by atoms with Gasteiger partial charge in [-0.15, -0.1) is 0 Å². The van der Waals surface area contributed by atoms with Gasteiger partial charge >= 0.3 is 6.18 Å². The van der Waals surface area contributed by atoms with Crippen molar-refractivity contribution in [2.24, 2.45) is 0 Å². The number of rotatable bonds is 10. The van der Waals surface area contributed by atoms with Gasteiger partial charge in [0, 0.05) is 44.6 Å². The van der Waals surface area contributed by atoms with E-state index >= 15 is 0 Å². The highest BCUT2D eigenvalue weighted by Crippen LogP contribution is 2.32. The molecule has 5 nitrogen and oxygen atoms in total. The zero-order valence-corrected chi connectivity index (χ0v) is 22.1. The van der Waals surface area contributed by atoms with Crippen molar-refractivity contribution in [3.05, 3.63) is 78.0 Å². The molecule has 0 amide bonds. The van der Waals surface area contributed by atoms with Crippen LogP contribution in [0.1, 0.15) is 44.2 Å². The summed E-state index contributed by atoms with van der Waals surface area (Å²) in [6, 6.07) is 17.7. The van der Waals surface area contributed by atoms with Crippen LogP contribution in [-0.4, -0.2) is 54.3 Å². The quantitative estimate of drug-likeness (QED) is 0.300. The van der Waals surface area contributed by atoms with Gasteiger partial charge in [-0.2, -0.15) is 13.2 Å². The number of nitrogens with one attached hydrogen (secondary N) is 1. The van der Waals surface area contributed by atoms with Crippen LogP contribution in [0, 0.1) is 0 Å². The second kappa shape index (κ2) is 12.2. The van der Waals surface area contributed by atoms with Crippen LogP contribution in [0.15, 0.2) is 66.9 Å². The van der Waals surface area contributed by atoms with Gasteiger partial charge in [-0.05, 0) is 79.8 Å². The highest BCUT2D eigenvalue weighted by atomic mass is 19.4. The molecule has 1 unspecified atom stereocenters. The van der Waals surface area contributed by atoms with Gasteiger partial charge in [0.1, 0.15) is 5.82 Å². The number of pyridine rings is 1. The van der Waals surface area contributed by atoms with Crippen molar-refractivity contribution in [1.29, 1.82) is 0 Å². The molecule has 1 aliphatic rings. The minimum Gasteiger partial charge on any atom is -0.385 e. The first-order valence-corrected chi connectivity index (χ1v) is 13.3. The Morgan fingerprint density at radius 3 is 2.32 bits per heavy atom. The van der Waals surface area contributed by atoms with Crippen molar-refractivity contribution in [2.75, 3.05) is 49.5 Å². The summed E-state index contributed by atoms with van der Waals surface area (Å²) in [5.74, 6) is 0.835. The number of hydrogen-bond acceptors (Lipinski definition) is 5. The maximum absolute atomic E-state index is 13.0. The molecular formula is C30H37F3N4O. The molecule has 0 bridgehead atoms. The summed E-state index contributed by atoms with van der Waals surface area (Å²) in [6.45, 7) is 8.74. The van der Waals surface area contributed by atoms with E-state index in [0.29, 0.717) is 12.1 Å². The molecule has 8 heteroatoms. The molecular weight excluding hydrogens is 489 g/mol. The minimum absolute atomic E-state index is 0.593. The molecule has 1 aliphatic heterocycles. The second-order valence-electron chi connectivity index (χ2n) is 10.1. The molecule has 1 aromatic heterocycles. The summed E-state index contributed by atoms with van der Waals surface area (Å²) in [4.78, 5) is 8.85. The number of hydrogen-bond donors (Lipinski definition) is 2. The van der Waals surface area contributed by atoms with Gasteiger partial charge < -0.3 is 15.3 Å². The van der Waals surface area contributed by atoms with Gasteiger partial charge in [0.05, 0.1) is 11.2 Å². The third-order valence-corrected chi connectivity index (χ3v) is 7.41. The highest BCUT2D eigenvalue weighted by Gasteiger charge is 2.31. The lowest BCUT2D eigenvalue weighted by molar-refractivity contribution is -0.137. The summed E-state index contributed by atoms with van der Waals surface area (Å²) in [7, 11) is 0. The number of alkyl halides is 3. The zero-order chi connectivity index (χ0) is 27.2. The fraction of sp³-hybridized carbons (Fsp3) is 0.433. The summed E-state index contributed by atoms with van der Waals surface area (Å²) in [5.41, 5.74) is 2.29. The number of aromatic nitrogens is 1. The van der Waals surface area contributed by atoms with E-state index in [1.165, 1.54) is 12.1 Å². The molecule has 1 saturated heterocycles. The molecule has 1 fully saturated rings. The molecule has 4 rings (SSSR count). The van der Waals surface area contributed by atoms with Crippen LogP contribution in [-0.2, 0) is 11.8 Å². The molecule has 0 radical (unpaired) electrons. The van der Waals surface area contributed by atoms with Crippen LogP contribution in [0.5, 0.6) is 0 Å². The maximum atomic E-state index is 13.0. The Labute approximate surface area is 223 Å². The number of piperazine rings is 1. The number of benzene rings is 2. The van der Waals surface area contributed by atoms with Gasteiger partial charge in [-0.25, -0.2) is 4.98 Å². The van der Waals surface area contributed by atoms with Crippen LogP contribution in [0.4, 0.5) is 24.7 Å². The first-order chi connectivity index (χ1) is 18.2. The molecule has 38 heavy (non-hydrogen) atoms. The monoisotopic (exact) mass is 526 g/mol. The van der Waals surface area contributed by atoms with E-state index in [1.54, 1.807) is 12.3 Å². The highest BCUT2D eigenvalue weighted by molar-refractivity contribution is 5.66. The van der Waals surface area contributed by atoms with E-state index in [-0.39, 0.29) is 0 Å². The van der Waals surface area contributed by atoms with Crippen molar-refractivity contribution < 1.29 is 18.3 Å². The molecule has 0 aliphatic carbocycles. The molecule has 0 saturated carbocycles. The second-order valence-corrected chi connectivity index (χ2v) is 10.1. The molecule has 2 aromatic carbocycles. The zero-order valence-electron chi connectivity index (χ0n) is 22.1. The fourth-order valence-corrected chi connectivity index (χ4v) is 4.72. The standard InChI is InChI=1S/C30H37F3N4O/c1-3-29(2,38)25-11-9-23(10-12-25)24-13-15-35-28(21-24)34-14-4-5-16-36-17-19-37(20-18-36)27-8-6-7-26(22-27)30(31,32)33/h6-13,15,21-22,38H,3-5,14,16-20H2,1-2H3,(H,34,35). The lowest BCUT2D eigenvalue weighted by atomic mass is 9.92.